The lowest BCUT2D eigenvalue weighted by atomic mass is 10.1. The lowest BCUT2D eigenvalue weighted by Crippen LogP contribution is -1.99. The van der Waals surface area contributed by atoms with Crippen molar-refractivity contribution in [2.75, 3.05) is 0 Å². The van der Waals surface area contributed by atoms with Crippen LogP contribution >= 0.6 is 0 Å². The van der Waals surface area contributed by atoms with E-state index in [1.54, 1.807) is 36.4 Å². The fourth-order valence-corrected chi connectivity index (χ4v) is 1.87. The predicted octanol–water partition coefficient (Wildman–Crippen LogP) is 2.23. The summed E-state index contributed by atoms with van der Waals surface area (Å²) in [6.45, 7) is 0. The molecule has 0 fully saturated rings. The number of aromatic nitrogens is 4. The zero-order chi connectivity index (χ0) is 16.2. The Labute approximate surface area is 130 Å². The first-order valence-corrected chi connectivity index (χ1v) is 6.46. The fourth-order valence-electron chi connectivity index (χ4n) is 1.87. The fraction of sp³-hybridized carbons (Fsp3) is 0. The van der Waals surface area contributed by atoms with Crippen LogP contribution in [0.25, 0.3) is 11.3 Å². The van der Waals surface area contributed by atoms with Crippen molar-refractivity contribution in [3.8, 4) is 29.0 Å². The minimum atomic E-state index is -1.22. The quantitative estimate of drug-likeness (QED) is 0.757. The molecule has 0 spiro atoms. The average molecular weight is 307 g/mol. The number of nitrogens with one attached hydrogen (secondary N) is 1. The van der Waals surface area contributed by atoms with Crippen LogP contribution in [0.1, 0.15) is 16.1 Å². The van der Waals surface area contributed by atoms with E-state index in [2.05, 4.69) is 20.4 Å². The second kappa shape index (κ2) is 5.95. The van der Waals surface area contributed by atoms with E-state index in [1.165, 1.54) is 6.20 Å². The minimum absolute atomic E-state index is 0.134. The predicted molar refractivity (Wildman–Crippen MR) is 77.8 cm³/mol. The second-order valence-corrected chi connectivity index (χ2v) is 4.47. The molecule has 0 aliphatic rings. The van der Waals surface area contributed by atoms with Gasteiger partial charge in [0.25, 0.3) is 5.88 Å². The SMILES string of the molecule is N#Cc1ccc(-c2ccc(Oc3nn[nH]c3C(=O)O)cn2)cc1. The van der Waals surface area contributed by atoms with Crippen molar-refractivity contribution in [1.29, 1.82) is 5.26 Å². The van der Waals surface area contributed by atoms with Crippen molar-refractivity contribution in [2.45, 2.75) is 0 Å². The summed E-state index contributed by atoms with van der Waals surface area (Å²) in [6.07, 6.45) is 1.45. The number of rotatable bonds is 4. The van der Waals surface area contributed by atoms with Crippen LogP contribution in [-0.2, 0) is 0 Å². The van der Waals surface area contributed by atoms with Gasteiger partial charge in [-0.15, -0.1) is 0 Å². The van der Waals surface area contributed by atoms with Crippen LogP contribution in [0.3, 0.4) is 0 Å². The number of H-pyrrole nitrogens is 1. The van der Waals surface area contributed by atoms with Crippen LogP contribution < -0.4 is 4.74 Å². The van der Waals surface area contributed by atoms with Crippen LogP contribution in [0.4, 0.5) is 0 Å². The van der Waals surface area contributed by atoms with Gasteiger partial charge in [-0.1, -0.05) is 22.4 Å². The summed E-state index contributed by atoms with van der Waals surface area (Å²) in [7, 11) is 0. The van der Waals surface area contributed by atoms with Gasteiger partial charge in [-0.05, 0) is 24.3 Å². The first kappa shape index (κ1) is 14.2. The summed E-state index contributed by atoms with van der Waals surface area (Å²) < 4.78 is 5.35. The second-order valence-electron chi connectivity index (χ2n) is 4.47. The number of pyridine rings is 1. The van der Waals surface area contributed by atoms with Crippen molar-refractivity contribution in [1.82, 2.24) is 20.4 Å². The van der Waals surface area contributed by atoms with Crippen molar-refractivity contribution < 1.29 is 14.6 Å². The molecule has 8 heteroatoms. The Hall–Kier alpha value is -3.73. The van der Waals surface area contributed by atoms with E-state index in [1.807, 2.05) is 6.07 Å². The van der Waals surface area contributed by atoms with E-state index in [-0.39, 0.29) is 11.6 Å². The monoisotopic (exact) mass is 307 g/mol. The number of aromatic amines is 1. The van der Waals surface area contributed by atoms with Gasteiger partial charge in [-0.3, -0.25) is 4.98 Å². The maximum atomic E-state index is 10.9. The lowest BCUT2D eigenvalue weighted by molar-refractivity contribution is 0.0687. The van der Waals surface area contributed by atoms with Crippen molar-refractivity contribution >= 4 is 5.97 Å². The molecule has 0 aliphatic heterocycles. The molecule has 3 rings (SSSR count). The Bertz CT molecular complexity index is 879. The van der Waals surface area contributed by atoms with E-state index in [0.717, 1.165) is 5.56 Å². The number of nitriles is 1. The van der Waals surface area contributed by atoms with E-state index in [9.17, 15) is 4.79 Å². The molecule has 2 heterocycles. The van der Waals surface area contributed by atoms with Crippen molar-refractivity contribution in [3.05, 3.63) is 53.9 Å². The van der Waals surface area contributed by atoms with Crippen molar-refractivity contribution in [2.24, 2.45) is 0 Å². The van der Waals surface area contributed by atoms with Crippen LogP contribution in [0.2, 0.25) is 0 Å². The van der Waals surface area contributed by atoms with E-state index in [4.69, 9.17) is 15.1 Å². The molecule has 112 valence electrons. The number of hydrogen-bond donors (Lipinski definition) is 2. The minimum Gasteiger partial charge on any atom is -0.476 e. The Morgan fingerprint density at radius 1 is 1.22 bits per heavy atom. The lowest BCUT2D eigenvalue weighted by Gasteiger charge is -2.04. The summed E-state index contributed by atoms with van der Waals surface area (Å²) >= 11 is 0. The molecule has 23 heavy (non-hydrogen) atoms. The third-order valence-electron chi connectivity index (χ3n) is 2.99. The van der Waals surface area contributed by atoms with Gasteiger partial charge in [-0.2, -0.15) is 5.26 Å². The molecule has 0 saturated carbocycles. The number of carbonyl (C=O) groups is 1. The molecule has 0 amide bonds. The Morgan fingerprint density at radius 2 is 2.00 bits per heavy atom. The number of carboxylic acid groups (broad SMARTS) is 1. The smallest absolute Gasteiger partial charge is 0.359 e. The summed E-state index contributed by atoms with van der Waals surface area (Å²) in [5.41, 5.74) is 1.88. The molecule has 0 bridgehead atoms. The number of benzene rings is 1. The van der Waals surface area contributed by atoms with E-state index >= 15 is 0 Å². The van der Waals surface area contributed by atoms with Gasteiger partial charge in [0.05, 0.1) is 23.5 Å². The molecule has 0 aliphatic carbocycles. The highest BCUT2D eigenvalue weighted by molar-refractivity contribution is 5.87. The summed E-state index contributed by atoms with van der Waals surface area (Å²) in [4.78, 5) is 15.2. The summed E-state index contributed by atoms with van der Waals surface area (Å²) in [5.74, 6) is -1.02. The van der Waals surface area contributed by atoms with Crippen LogP contribution in [0.5, 0.6) is 11.6 Å². The van der Waals surface area contributed by atoms with E-state index < -0.39 is 5.97 Å². The number of aromatic carboxylic acids is 1. The number of ether oxygens (including phenoxy) is 1. The maximum Gasteiger partial charge on any atom is 0.359 e. The maximum absolute atomic E-state index is 10.9. The average Bonchev–Trinajstić information content (AvgIpc) is 3.04. The topological polar surface area (TPSA) is 125 Å². The van der Waals surface area contributed by atoms with Gasteiger partial charge in [0.1, 0.15) is 5.75 Å². The Balaban J connectivity index is 1.80. The highest BCUT2D eigenvalue weighted by Gasteiger charge is 2.16. The number of carboxylic acids is 1. The summed E-state index contributed by atoms with van der Waals surface area (Å²) in [6, 6.07) is 12.4. The third-order valence-corrected chi connectivity index (χ3v) is 2.99. The first-order valence-electron chi connectivity index (χ1n) is 6.46. The summed E-state index contributed by atoms with van der Waals surface area (Å²) in [5, 5.41) is 26.9. The first-order chi connectivity index (χ1) is 11.2. The normalized spacial score (nSPS) is 10.0. The number of hydrogen-bond acceptors (Lipinski definition) is 6. The van der Waals surface area contributed by atoms with Gasteiger partial charge in [0.2, 0.25) is 5.69 Å². The molecule has 0 radical (unpaired) electrons. The molecule has 2 aromatic heterocycles. The molecule has 8 nitrogen and oxygen atoms in total. The molecule has 0 saturated heterocycles. The van der Waals surface area contributed by atoms with Crippen molar-refractivity contribution in [3.63, 3.8) is 0 Å². The number of nitrogens with zero attached hydrogens (tertiary/aromatic N) is 4. The molecule has 0 atom stereocenters. The molecule has 1 aromatic carbocycles. The van der Waals surface area contributed by atoms with Gasteiger partial charge in [-0.25, -0.2) is 9.89 Å². The largest absolute Gasteiger partial charge is 0.476 e. The highest BCUT2D eigenvalue weighted by atomic mass is 16.5. The zero-order valence-corrected chi connectivity index (χ0v) is 11.6. The Kier molecular flexibility index (Phi) is 3.68. The molecule has 0 unspecified atom stereocenters. The molecular weight excluding hydrogens is 298 g/mol. The van der Waals surface area contributed by atoms with Crippen LogP contribution in [0, 0.1) is 11.3 Å². The zero-order valence-electron chi connectivity index (χ0n) is 11.6. The van der Waals surface area contributed by atoms with Crippen LogP contribution in [0.15, 0.2) is 42.6 Å². The van der Waals surface area contributed by atoms with Crippen LogP contribution in [-0.4, -0.2) is 31.5 Å². The molecule has 2 N–H and O–H groups in total. The van der Waals surface area contributed by atoms with Gasteiger partial charge in [0, 0.05) is 5.56 Å². The highest BCUT2D eigenvalue weighted by Crippen LogP contribution is 2.24. The van der Waals surface area contributed by atoms with Gasteiger partial charge < -0.3 is 9.84 Å². The standard InChI is InChI=1S/C15H9N5O3/c16-7-9-1-3-10(4-2-9)12-6-5-11(8-17-12)23-14-13(15(21)22)18-20-19-14/h1-6,8H,(H,21,22)(H,18,19,20). The Morgan fingerprint density at radius 3 is 2.61 bits per heavy atom. The third kappa shape index (κ3) is 2.98. The molecule has 3 aromatic rings. The molecular formula is C15H9N5O3. The van der Waals surface area contributed by atoms with Gasteiger partial charge >= 0.3 is 5.97 Å². The van der Waals surface area contributed by atoms with Gasteiger partial charge in [0.15, 0.2) is 0 Å². The van der Waals surface area contributed by atoms with E-state index in [0.29, 0.717) is 17.0 Å².